The Morgan fingerprint density at radius 3 is 2.06 bits per heavy atom. The maximum Gasteiger partial charge on any atom is 0.176 e. The van der Waals surface area contributed by atoms with Gasteiger partial charge in [-0.3, -0.25) is 0 Å². The van der Waals surface area contributed by atoms with Crippen molar-refractivity contribution < 1.29 is 9.84 Å². The molecule has 0 spiro atoms. The zero-order chi connectivity index (χ0) is 21.7. The molecule has 1 atom stereocenters. The van der Waals surface area contributed by atoms with Crippen LogP contribution in [0.3, 0.4) is 0 Å². The molecule has 0 saturated heterocycles. The van der Waals surface area contributed by atoms with Crippen molar-refractivity contribution in [3.8, 4) is 11.8 Å². The summed E-state index contributed by atoms with van der Waals surface area (Å²) in [5.41, 5.74) is 5.14. The van der Waals surface area contributed by atoms with Crippen LogP contribution in [-0.4, -0.2) is 18.3 Å². The first-order chi connectivity index (χ1) is 15.0. The number of benzene rings is 3. The second kappa shape index (κ2) is 9.35. The van der Waals surface area contributed by atoms with Crippen molar-refractivity contribution in [1.82, 2.24) is 0 Å². The molecule has 1 saturated carbocycles. The summed E-state index contributed by atoms with van der Waals surface area (Å²) in [6, 6.07) is 26.1. The molecular weight excluding hydrogens is 380 g/mol. The predicted molar refractivity (Wildman–Crippen MR) is 126 cm³/mol. The van der Waals surface area contributed by atoms with Crippen molar-refractivity contribution in [2.45, 2.75) is 25.9 Å². The number of hydrogen-bond acceptors (Lipinski definition) is 2. The Balaban J connectivity index is 1.41. The summed E-state index contributed by atoms with van der Waals surface area (Å²) in [5.74, 6) is 6.62. The van der Waals surface area contributed by atoms with Crippen LogP contribution in [0.25, 0.3) is 6.08 Å². The minimum Gasteiger partial charge on any atom is -0.369 e. The molecule has 2 nitrogen and oxygen atoms in total. The van der Waals surface area contributed by atoms with E-state index in [1.807, 2.05) is 68.4 Å². The minimum absolute atomic E-state index is 0.301. The highest BCUT2D eigenvalue weighted by Crippen LogP contribution is 2.39. The third-order valence-electron chi connectivity index (χ3n) is 5.70. The van der Waals surface area contributed by atoms with Crippen LogP contribution < -0.4 is 0 Å². The monoisotopic (exact) mass is 408 g/mol. The molecule has 1 aliphatic rings. The summed E-state index contributed by atoms with van der Waals surface area (Å²) in [4.78, 5) is 0. The Labute approximate surface area is 185 Å². The van der Waals surface area contributed by atoms with E-state index in [0.717, 1.165) is 28.7 Å². The van der Waals surface area contributed by atoms with Crippen molar-refractivity contribution in [2.75, 3.05) is 13.2 Å². The highest BCUT2D eigenvalue weighted by molar-refractivity contribution is 5.57. The number of ether oxygens (including phenoxy) is 1. The Bertz CT molecular complexity index is 1050. The highest BCUT2D eigenvalue weighted by Gasteiger charge is 2.30. The van der Waals surface area contributed by atoms with Crippen LogP contribution in [0.2, 0.25) is 0 Å². The molecule has 3 aromatic rings. The average molecular weight is 409 g/mol. The van der Waals surface area contributed by atoms with Crippen molar-refractivity contribution >= 4 is 6.08 Å². The van der Waals surface area contributed by atoms with Crippen LogP contribution in [-0.2, 0) is 10.3 Å². The van der Waals surface area contributed by atoms with E-state index in [0.29, 0.717) is 19.1 Å². The molecule has 156 valence electrons. The molecule has 0 aliphatic heterocycles. The van der Waals surface area contributed by atoms with Gasteiger partial charge < -0.3 is 9.84 Å². The van der Waals surface area contributed by atoms with E-state index in [9.17, 15) is 5.11 Å². The SMILES string of the molecule is Cc1ccc(C(O)(C#CCOCC2C/C2=C/c2ccccc2)c2ccc(C)cc2)cc1. The topological polar surface area (TPSA) is 29.5 Å². The summed E-state index contributed by atoms with van der Waals surface area (Å²) in [6.45, 7) is 5.04. The first-order valence-corrected chi connectivity index (χ1v) is 10.7. The van der Waals surface area contributed by atoms with E-state index in [1.165, 1.54) is 11.1 Å². The molecule has 0 radical (unpaired) electrons. The second-order valence-electron chi connectivity index (χ2n) is 8.29. The van der Waals surface area contributed by atoms with Gasteiger partial charge in [0.05, 0.1) is 6.61 Å². The van der Waals surface area contributed by atoms with Gasteiger partial charge >= 0.3 is 0 Å². The molecule has 2 heteroatoms. The van der Waals surface area contributed by atoms with E-state index < -0.39 is 5.60 Å². The lowest BCUT2D eigenvalue weighted by Gasteiger charge is -2.24. The van der Waals surface area contributed by atoms with E-state index in [-0.39, 0.29) is 0 Å². The third-order valence-corrected chi connectivity index (χ3v) is 5.70. The third kappa shape index (κ3) is 5.33. The van der Waals surface area contributed by atoms with Gasteiger partial charge in [-0.15, -0.1) is 0 Å². The lowest BCUT2D eigenvalue weighted by Crippen LogP contribution is -2.25. The molecule has 1 N–H and O–H groups in total. The molecule has 3 aromatic carbocycles. The summed E-state index contributed by atoms with van der Waals surface area (Å²) < 4.78 is 5.81. The molecule has 0 amide bonds. The van der Waals surface area contributed by atoms with Gasteiger partial charge in [-0.2, -0.15) is 0 Å². The number of rotatable bonds is 6. The Morgan fingerprint density at radius 1 is 0.903 bits per heavy atom. The molecule has 1 unspecified atom stereocenters. The van der Waals surface area contributed by atoms with Crippen LogP contribution in [0.1, 0.15) is 34.2 Å². The number of aryl methyl sites for hydroxylation is 2. The molecule has 1 fully saturated rings. The Kier molecular flexibility index (Phi) is 6.37. The fraction of sp³-hybridized carbons (Fsp3) is 0.241. The van der Waals surface area contributed by atoms with Crippen molar-refractivity contribution in [1.29, 1.82) is 0 Å². The van der Waals surface area contributed by atoms with Gasteiger partial charge in [-0.25, -0.2) is 0 Å². The van der Waals surface area contributed by atoms with Gasteiger partial charge in [-0.05, 0) is 25.8 Å². The fourth-order valence-electron chi connectivity index (χ4n) is 3.65. The zero-order valence-corrected chi connectivity index (χ0v) is 18.1. The quantitative estimate of drug-likeness (QED) is 0.421. The van der Waals surface area contributed by atoms with E-state index in [4.69, 9.17) is 4.74 Å². The smallest absolute Gasteiger partial charge is 0.176 e. The number of aliphatic hydroxyl groups is 1. The zero-order valence-electron chi connectivity index (χ0n) is 18.1. The lowest BCUT2D eigenvalue weighted by atomic mass is 9.86. The van der Waals surface area contributed by atoms with Crippen molar-refractivity contribution in [3.05, 3.63) is 112 Å². The molecule has 0 bridgehead atoms. The summed E-state index contributed by atoms with van der Waals surface area (Å²) >= 11 is 0. The normalized spacial score (nSPS) is 16.6. The van der Waals surface area contributed by atoms with Gasteiger partial charge in [-0.1, -0.05) is 113 Å². The summed E-state index contributed by atoms with van der Waals surface area (Å²) in [6.07, 6.45) is 3.33. The van der Waals surface area contributed by atoms with Crippen LogP contribution in [0, 0.1) is 31.6 Å². The summed E-state index contributed by atoms with van der Waals surface area (Å²) in [5, 5.41) is 11.5. The lowest BCUT2D eigenvalue weighted by molar-refractivity contribution is 0.141. The van der Waals surface area contributed by atoms with Gasteiger partial charge in [0.1, 0.15) is 6.61 Å². The van der Waals surface area contributed by atoms with Gasteiger partial charge in [0.2, 0.25) is 0 Å². The number of hydrogen-bond donors (Lipinski definition) is 1. The molecular formula is C29H28O2. The molecule has 0 heterocycles. The molecule has 0 aromatic heterocycles. The van der Waals surface area contributed by atoms with Crippen LogP contribution >= 0.6 is 0 Å². The first-order valence-electron chi connectivity index (χ1n) is 10.7. The van der Waals surface area contributed by atoms with E-state index in [1.54, 1.807) is 0 Å². The van der Waals surface area contributed by atoms with E-state index >= 15 is 0 Å². The molecule has 1 aliphatic carbocycles. The maximum absolute atomic E-state index is 11.5. The summed E-state index contributed by atoms with van der Waals surface area (Å²) in [7, 11) is 0. The minimum atomic E-state index is -1.36. The standard InChI is InChI=1S/C29H28O2/c1-22-9-13-27(14-10-22)29(30,28-15-11-23(2)12-16-28)17-6-18-31-21-26-20-25(26)19-24-7-4-3-5-8-24/h3-5,7-16,19,26,30H,18,20-21H2,1-2H3/b25-19-. The first kappa shape index (κ1) is 21.1. The molecule has 4 rings (SSSR count). The predicted octanol–water partition coefficient (Wildman–Crippen LogP) is 5.66. The van der Waals surface area contributed by atoms with Crippen LogP contribution in [0.5, 0.6) is 0 Å². The van der Waals surface area contributed by atoms with Gasteiger partial charge in [0.15, 0.2) is 5.60 Å². The highest BCUT2D eigenvalue weighted by atomic mass is 16.5. The fourth-order valence-corrected chi connectivity index (χ4v) is 3.65. The van der Waals surface area contributed by atoms with Crippen molar-refractivity contribution in [3.63, 3.8) is 0 Å². The van der Waals surface area contributed by atoms with Crippen LogP contribution in [0.15, 0.2) is 84.4 Å². The largest absolute Gasteiger partial charge is 0.369 e. The second-order valence-corrected chi connectivity index (χ2v) is 8.29. The van der Waals surface area contributed by atoms with Crippen molar-refractivity contribution in [2.24, 2.45) is 5.92 Å². The maximum atomic E-state index is 11.5. The Morgan fingerprint density at radius 2 is 1.48 bits per heavy atom. The van der Waals surface area contributed by atoms with Gasteiger partial charge in [0.25, 0.3) is 0 Å². The van der Waals surface area contributed by atoms with E-state index in [2.05, 4.69) is 42.2 Å². The van der Waals surface area contributed by atoms with Gasteiger partial charge in [0, 0.05) is 17.0 Å². The average Bonchev–Trinajstić information content (AvgIpc) is 3.52. The van der Waals surface area contributed by atoms with Crippen LogP contribution in [0.4, 0.5) is 0 Å². The molecule has 31 heavy (non-hydrogen) atoms. The Hall–Kier alpha value is -3.12.